The van der Waals surface area contributed by atoms with Gasteiger partial charge in [0, 0.05) is 11.6 Å². The van der Waals surface area contributed by atoms with Crippen molar-refractivity contribution in [3.63, 3.8) is 0 Å². The number of halogens is 3. The van der Waals surface area contributed by atoms with Crippen molar-refractivity contribution in [1.82, 2.24) is 0 Å². The van der Waals surface area contributed by atoms with E-state index in [4.69, 9.17) is 16.3 Å². The van der Waals surface area contributed by atoms with Crippen molar-refractivity contribution in [3.05, 3.63) is 58.6 Å². The lowest BCUT2D eigenvalue weighted by Crippen LogP contribution is -1.93. The number of rotatable bonds is 3. The first-order valence-electron chi connectivity index (χ1n) is 5.41. The Labute approximate surface area is 113 Å². The average Bonchev–Trinajstić information content (AvgIpc) is 2.36. The molecule has 5 heteroatoms. The van der Waals surface area contributed by atoms with E-state index in [0.29, 0.717) is 5.56 Å². The maximum absolute atomic E-state index is 13.0. The summed E-state index contributed by atoms with van der Waals surface area (Å²) in [6.07, 6.45) is 0. The van der Waals surface area contributed by atoms with Crippen molar-refractivity contribution in [3.8, 4) is 11.5 Å². The van der Waals surface area contributed by atoms with E-state index < -0.39 is 11.6 Å². The molecule has 0 aliphatic rings. The maximum atomic E-state index is 13.0. The van der Waals surface area contributed by atoms with Crippen LogP contribution in [0.25, 0.3) is 0 Å². The monoisotopic (exact) mass is 282 g/mol. The molecule has 98 valence electrons. The summed E-state index contributed by atoms with van der Waals surface area (Å²) in [6, 6.07) is 7.67. The zero-order valence-corrected chi connectivity index (χ0v) is 10.7. The lowest BCUT2D eigenvalue weighted by Gasteiger charge is -2.08. The van der Waals surface area contributed by atoms with Gasteiger partial charge in [-0.1, -0.05) is 11.6 Å². The van der Waals surface area contributed by atoms with Gasteiger partial charge in [-0.3, -0.25) is 4.79 Å². The Hall–Kier alpha value is -1.94. The van der Waals surface area contributed by atoms with Gasteiger partial charge in [-0.05, 0) is 37.3 Å². The van der Waals surface area contributed by atoms with E-state index in [1.165, 1.54) is 25.1 Å². The molecule has 2 aromatic rings. The van der Waals surface area contributed by atoms with Crippen LogP contribution in [-0.2, 0) is 0 Å². The molecule has 0 atom stereocenters. The van der Waals surface area contributed by atoms with Crippen LogP contribution in [0, 0.1) is 11.6 Å². The molecule has 0 radical (unpaired) electrons. The summed E-state index contributed by atoms with van der Waals surface area (Å²) in [5.74, 6) is -1.70. The Bertz CT molecular complexity index is 641. The second kappa shape index (κ2) is 5.36. The summed E-state index contributed by atoms with van der Waals surface area (Å²) < 4.78 is 31.1. The Balaban J connectivity index is 2.28. The molecule has 0 fully saturated rings. The van der Waals surface area contributed by atoms with Crippen LogP contribution in [0.3, 0.4) is 0 Å². The molecule has 0 aromatic heterocycles. The standard InChI is InChI=1S/C14H9ClF2O2/c1-8(18)9-2-5-14(11(15)6-9)19-10-3-4-12(16)13(17)7-10/h2-7H,1H3. The number of Topliss-reactive ketones (excluding diaryl/α,β-unsaturated/α-hetero) is 1. The molecule has 2 aromatic carbocycles. The van der Waals surface area contributed by atoms with E-state index in [0.717, 1.165) is 12.1 Å². The summed E-state index contributed by atoms with van der Waals surface area (Å²) in [5, 5.41) is 0.220. The quantitative estimate of drug-likeness (QED) is 0.768. The maximum Gasteiger partial charge on any atom is 0.162 e. The summed E-state index contributed by atoms with van der Waals surface area (Å²) in [4.78, 5) is 11.2. The molecule has 0 bridgehead atoms. The van der Waals surface area contributed by atoms with Gasteiger partial charge in [0.15, 0.2) is 17.4 Å². The minimum Gasteiger partial charge on any atom is -0.456 e. The van der Waals surface area contributed by atoms with Crippen LogP contribution in [0.5, 0.6) is 11.5 Å². The van der Waals surface area contributed by atoms with Crippen LogP contribution >= 0.6 is 11.6 Å². The Kier molecular flexibility index (Phi) is 3.81. The van der Waals surface area contributed by atoms with Crippen LogP contribution in [0.15, 0.2) is 36.4 Å². The van der Waals surface area contributed by atoms with E-state index in [2.05, 4.69) is 0 Å². The highest BCUT2D eigenvalue weighted by Gasteiger charge is 2.09. The number of benzene rings is 2. The molecule has 0 heterocycles. The molecule has 0 aliphatic heterocycles. The van der Waals surface area contributed by atoms with Crippen LogP contribution in [0.4, 0.5) is 8.78 Å². The molecule has 0 spiro atoms. The van der Waals surface area contributed by atoms with Crippen LogP contribution in [-0.4, -0.2) is 5.78 Å². The normalized spacial score (nSPS) is 10.3. The number of ether oxygens (including phenoxy) is 1. The molecule has 2 rings (SSSR count). The lowest BCUT2D eigenvalue weighted by atomic mass is 10.1. The number of ketones is 1. The lowest BCUT2D eigenvalue weighted by molar-refractivity contribution is 0.101. The summed E-state index contributed by atoms with van der Waals surface area (Å²) in [5.41, 5.74) is 0.447. The highest BCUT2D eigenvalue weighted by molar-refractivity contribution is 6.32. The molecule has 0 amide bonds. The van der Waals surface area contributed by atoms with Gasteiger partial charge in [-0.25, -0.2) is 8.78 Å². The van der Waals surface area contributed by atoms with Crippen molar-refractivity contribution in [2.24, 2.45) is 0 Å². The molecule has 0 N–H and O–H groups in total. The van der Waals surface area contributed by atoms with Crippen molar-refractivity contribution < 1.29 is 18.3 Å². The highest BCUT2D eigenvalue weighted by atomic mass is 35.5. The molecule has 0 saturated carbocycles. The number of carbonyl (C=O) groups excluding carboxylic acids is 1. The first-order valence-corrected chi connectivity index (χ1v) is 5.78. The summed E-state index contributed by atoms with van der Waals surface area (Å²) in [7, 11) is 0. The molecule has 19 heavy (non-hydrogen) atoms. The first-order chi connectivity index (χ1) is 8.97. The fourth-order valence-electron chi connectivity index (χ4n) is 1.47. The summed E-state index contributed by atoms with van der Waals surface area (Å²) >= 11 is 5.95. The average molecular weight is 283 g/mol. The van der Waals surface area contributed by atoms with Gasteiger partial charge in [0.2, 0.25) is 0 Å². The number of hydrogen-bond acceptors (Lipinski definition) is 2. The van der Waals surface area contributed by atoms with Crippen LogP contribution in [0.1, 0.15) is 17.3 Å². The Morgan fingerprint density at radius 1 is 1.11 bits per heavy atom. The highest BCUT2D eigenvalue weighted by Crippen LogP contribution is 2.30. The third-order valence-corrected chi connectivity index (χ3v) is 2.75. The fraction of sp³-hybridized carbons (Fsp3) is 0.0714. The predicted octanol–water partition coefficient (Wildman–Crippen LogP) is 4.61. The van der Waals surface area contributed by atoms with Crippen molar-refractivity contribution in [2.75, 3.05) is 0 Å². The van der Waals surface area contributed by atoms with Gasteiger partial charge in [-0.2, -0.15) is 0 Å². The van der Waals surface area contributed by atoms with Crippen LogP contribution < -0.4 is 4.74 Å². The van der Waals surface area contributed by atoms with E-state index in [9.17, 15) is 13.6 Å². The fourth-order valence-corrected chi connectivity index (χ4v) is 1.69. The largest absolute Gasteiger partial charge is 0.456 e. The zero-order valence-electron chi connectivity index (χ0n) is 9.91. The zero-order chi connectivity index (χ0) is 14.0. The molecule has 0 unspecified atom stereocenters. The predicted molar refractivity (Wildman–Crippen MR) is 67.9 cm³/mol. The summed E-state index contributed by atoms with van der Waals surface area (Å²) in [6.45, 7) is 1.42. The minimum atomic E-state index is -1.01. The molecular formula is C14H9ClF2O2. The van der Waals surface area contributed by atoms with Gasteiger partial charge >= 0.3 is 0 Å². The third kappa shape index (κ3) is 3.09. The third-order valence-electron chi connectivity index (χ3n) is 2.46. The van der Waals surface area contributed by atoms with E-state index in [1.807, 2.05) is 0 Å². The second-order valence-corrected chi connectivity index (χ2v) is 4.29. The number of carbonyl (C=O) groups is 1. The minimum absolute atomic E-state index is 0.122. The second-order valence-electron chi connectivity index (χ2n) is 3.88. The Morgan fingerprint density at radius 3 is 2.42 bits per heavy atom. The topological polar surface area (TPSA) is 26.3 Å². The van der Waals surface area contributed by atoms with E-state index in [1.54, 1.807) is 6.07 Å². The molecule has 2 nitrogen and oxygen atoms in total. The van der Waals surface area contributed by atoms with Crippen molar-refractivity contribution in [1.29, 1.82) is 0 Å². The number of hydrogen-bond donors (Lipinski definition) is 0. The van der Waals surface area contributed by atoms with Gasteiger partial charge in [0.1, 0.15) is 11.5 Å². The van der Waals surface area contributed by atoms with Gasteiger partial charge in [0.25, 0.3) is 0 Å². The SMILES string of the molecule is CC(=O)c1ccc(Oc2ccc(F)c(F)c2)c(Cl)c1. The van der Waals surface area contributed by atoms with Gasteiger partial charge in [0.05, 0.1) is 5.02 Å². The van der Waals surface area contributed by atoms with Gasteiger partial charge < -0.3 is 4.74 Å². The van der Waals surface area contributed by atoms with E-state index >= 15 is 0 Å². The van der Waals surface area contributed by atoms with Crippen LogP contribution in [0.2, 0.25) is 5.02 Å². The van der Waals surface area contributed by atoms with Gasteiger partial charge in [-0.15, -0.1) is 0 Å². The molecule has 0 saturated heterocycles. The smallest absolute Gasteiger partial charge is 0.162 e. The van der Waals surface area contributed by atoms with Crippen molar-refractivity contribution in [2.45, 2.75) is 6.92 Å². The molecule has 0 aliphatic carbocycles. The van der Waals surface area contributed by atoms with E-state index in [-0.39, 0.29) is 22.3 Å². The Morgan fingerprint density at radius 2 is 1.84 bits per heavy atom. The molecular weight excluding hydrogens is 274 g/mol. The first kappa shape index (κ1) is 13.5. The van der Waals surface area contributed by atoms with Crippen molar-refractivity contribution >= 4 is 17.4 Å².